The molecule has 0 bridgehead atoms. The van der Waals surface area contributed by atoms with Crippen LogP contribution >= 0.6 is 11.6 Å². The third-order valence-electron chi connectivity index (χ3n) is 4.11. The van der Waals surface area contributed by atoms with E-state index in [0.717, 1.165) is 0 Å². The summed E-state index contributed by atoms with van der Waals surface area (Å²) in [6.45, 7) is 1.38. The molecule has 0 aromatic heterocycles. The molecule has 0 saturated carbocycles. The number of carbonyl (C=O) groups is 2. The Morgan fingerprint density at radius 3 is 2.42 bits per heavy atom. The Labute approximate surface area is 182 Å². The number of esters is 1. The first-order chi connectivity index (χ1) is 14.8. The lowest BCUT2D eigenvalue weighted by atomic mass is 10.1. The normalized spacial score (nSPS) is 10.3. The van der Waals surface area contributed by atoms with E-state index >= 15 is 0 Å². The van der Waals surface area contributed by atoms with E-state index in [1.807, 2.05) is 0 Å². The predicted molar refractivity (Wildman–Crippen MR) is 114 cm³/mol. The minimum atomic E-state index is -0.567. The van der Waals surface area contributed by atoms with Crippen LogP contribution in [0.5, 0.6) is 11.5 Å². The van der Waals surface area contributed by atoms with Crippen molar-refractivity contribution in [2.75, 3.05) is 5.32 Å². The quantitative estimate of drug-likeness (QED) is 0.301. The molecule has 0 aliphatic rings. The van der Waals surface area contributed by atoms with Gasteiger partial charge in [-0.25, -0.2) is 4.79 Å². The smallest absolute Gasteiger partial charge is 0.340 e. The van der Waals surface area contributed by atoms with Crippen LogP contribution in [0.4, 0.5) is 11.4 Å². The van der Waals surface area contributed by atoms with E-state index in [-0.39, 0.29) is 34.5 Å². The summed E-state index contributed by atoms with van der Waals surface area (Å²) in [7, 11) is 0. The zero-order valence-corrected chi connectivity index (χ0v) is 17.1. The van der Waals surface area contributed by atoms with E-state index in [0.29, 0.717) is 17.0 Å². The van der Waals surface area contributed by atoms with Crippen LogP contribution in [0.2, 0.25) is 5.02 Å². The summed E-state index contributed by atoms with van der Waals surface area (Å²) in [5.74, 6) is -0.117. The predicted octanol–water partition coefficient (Wildman–Crippen LogP) is 5.36. The van der Waals surface area contributed by atoms with Crippen molar-refractivity contribution in [3.8, 4) is 11.5 Å². The van der Waals surface area contributed by atoms with Gasteiger partial charge in [0.25, 0.3) is 5.69 Å². The van der Waals surface area contributed by atoms with Crippen LogP contribution in [0.1, 0.15) is 22.8 Å². The number of nitro benzene ring substituents is 1. The second kappa shape index (κ2) is 9.73. The van der Waals surface area contributed by atoms with Gasteiger partial charge in [0.2, 0.25) is 5.91 Å². The second-order valence-corrected chi connectivity index (χ2v) is 6.83. The minimum absolute atomic E-state index is 0.0196. The number of halogens is 1. The fraction of sp³-hybridized carbons (Fsp3) is 0.0909. The molecular formula is C22H17ClN2O6. The van der Waals surface area contributed by atoms with E-state index in [2.05, 4.69) is 5.32 Å². The first-order valence-electron chi connectivity index (χ1n) is 9.08. The lowest BCUT2D eigenvalue weighted by Crippen LogP contribution is -2.12. The average molecular weight is 441 g/mol. The lowest BCUT2D eigenvalue weighted by Gasteiger charge is -2.11. The maximum Gasteiger partial charge on any atom is 0.340 e. The Bertz CT molecular complexity index is 1130. The van der Waals surface area contributed by atoms with Gasteiger partial charge in [-0.3, -0.25) is 14.9 Å². The number of amides is 1. The van der Waals surface area contributed by atoms with E-state index in [4.69, 9.17) is 21.1 Å². The van der Waals surface area contributed by atoms with Gasteiger partial charge in [-0.05, 0) is 35.9 Å². The number of ether oxygens (including phenoxy) is 2. The van der Waals surface area contributed by atoms with Crippen molar-refractivity contribution in [2.45, 2.75) is 13.5 Å². The van der Waals surface area contributed by atoms with Gasteiger partial charge in [0.05, 0.1) is 21.2 Å². The van der Waals surface area contributed by atoms with Crippen molar-refractivity contribution in [1.82, 2.24) is 0 Å². The van der Waals surface area contributed by atoms with Gasteiger partial charge in [0.15, 0.2) is 0 Å². The van der Waals surface area contributed by atoms with Crippen LogP contribution in [0.25, 0.3) is 0 Å². The second-order valence-electron chi connectivity index (χ2n) is 6.42. The number of benzene rings is 3. The summed E-state index contributed by atoms with van der Waals surface area (Å²) in [6.07, 6.45) is 0. The minimum Gasteiger partial charge on any atom is -0.457 e. The van der Waals surface area contributed by atoms with Gasteiger partial charge >= 0.3 is 5.97 Å². The number of rotatable bonds is 7. The molecule has 3 aromatic rings. The molecule has 0 aliphatic heterocycles. The number of non-ortho nitro benzene ring substituents is 1. The summed E-state index contributed by atoms with van der Waals surface area (Å²) in [4.78, 5) is 33.9. The summed E-state index contributed by atoms with van der Waals surface area (Å²) in [5, 5.41) is 13.5. The highest BCUT2D eigenvalue weighted by atomic mass is 35.5. The Hall–Kier alpha value is -3.91. The fourth-order valence-electron chi connectivity index (χ4n) is 2.65. The number of para-hydroxylation sites is 1. The summed E-state index contributed by atoms with van der Waals surface area (Å²) in [6, 6.07) is 17.2. The van der Waals surface area contributed by atoms with Gasteiger partial charge < -0.3 is 14.8 Å². The van der Waals surface area contributed by atoms with E-state index < -0.39 is 10.9 Å². The third kappa shape index (κ3) is 5.80. The Morgan fingerprint density at radius 2 is 1.77 bits per heavy atom. The molecule has 0 heterocycles. The van der Waals surface area contributed by atoms with Crippen molar-refractivity contribution in [3.05, 3.63) is 93.0 Å². The number of nitrogens with one attached hydrogen (secondary N) is 1. The number of carbonyl (C=O) groups excluding carboxylic acids is 2. The topological polar surface area (TPSA) is 108 Å². The molecule has 0 saturated heterocycles. The molecule has 1 N–H and O–H groups in total. The number of hydrogen-bond donors (Lipinski definition) is 1. The van der Waals surface area contributed by atoms with E-state index in [1.165, 1.54) is 25.1 Å². The third-order valence-corrected chi connectivity index (χ3v) is 4.40. The van der Waals surface area contributed by atoms with Gasteiger partial charge in [0.1, 0.15) is 18.1 Å². The van der Waals surface area contributed by atoms with Gasteiger partial charge in [0, 0.05) is 19.1 Å². The highest BCUT2D eigenvalue weighted by Crippen LogP contribution is 2.32. The zero-order valence-electron chi connectivity index (χ0n) is 16.3. The molecule has 0 radical (unpaired) electrons. The Morgan fingerprint density at radius 1 is 1.06 bits per heavy atom. The van der Waals surface area contributed by atoms with Crippen LogP contribution < -0.4 is 10.1 Å². The van der Waals surface area contributed by atoms with Crippen molar-refractivity contribution in [3.63, 3.8) is 0 Å². The van der Waals surface area contributed by atoms with E-state index in [1.54, 1.807) is 48.5 Å². The monoisotopic (exact) mass is 440 g/mol. The molecule has 3 rings (SSSR count). The Kier molecular flexibility index (Phi) is 6.84. The summed E-state index contributed by atoms with van der Waals surface area (Å²) >= 11 is 6.03. The molecule has 3 aromatic carbocycles. The SMILES string of the molecule is CC(=O)Nc1ccccc1C(=O)OCc1ccc(Oc2ccc([N+](=O)[O-])cc2Cl)cc1. The molecule has 0 atom stereocenters. The molecule has 0 fully saturated rings. The maximum atomic E-state index is 12.4. The highest BCUT2D eigenvalue weighted by Gasteiger charge is 2.14. The highest BCUT2D eigenvalue weighted by molar-refractivity contribution is 6.32. The standard InChI is InChI=1S/C22H17ClN2O6/c1-14(26)24-20-5-3-2-4-18(20)22(27)30-13-15-6-9-17(10-7-15)31-21-11-8-16(25(28)29)12-19(21)23/h2-12H,13H2,1H3,(H,24,26). The number of hydrogen-bond acceptors (Lipinski definition) is 6. The molecule has 31 heavy (non-hydrogen) atoms. The van der Waals surface area contributed by atoms with Crippen LogP contribution in [-0.4, -0.2) is 16.8 Å². The lowest BCUT2D eigenvalue weighted by molar-refractivity contribution is -0.384. The van der Waals surface area contributed by atoms with Crippen molar-refractivity contribution in [2.24, 2.45) is 0 Å². The fourth-order valence-corrected chi connectivity index (χ4v) is 2.87. The van der Waals surface area contributed by atoms with Gasteiger partial charge in [-0.1, -0.05) is 35.9 Å². The van der Waals surface area contributed by atoms with E-state index in [9.17, 15) is 19.7 Å². The van der Waals surface area contributed by atoms with Gasteiger partial charge in [-0.15, -0.1) is 0 Å². The molecule has 0 spiro atoms. The Balaban J connectivity index is 1.62. The summed E-state index contributed by atoms with van der Waals surface area (Å²) in [5.41, 5.74) is 1.22. The molecule has 1 amide bonds. The largest absolute Gasteiger partial charge is 0.457 e. The number of anilines is 1. The number of nitro groups is 1. The molecule has 0 unspecified atom stereocenters. The van der Waals surface area contributed by atoms with Crippen LogP contribution in [0.3, 0.4) is 0 Å². The zero-order chi connectivity index (χ0) is 22.4. The van der Waals surface area contributed by atoms with Crippen molar-refractivity contribution in [1.29, 1.82) is 0 Å². The average Bonchev–Trinajstić information content (AvgIpc) is 2.74. The first kappa shape index (κ1) is 21.8. The van der Waals surface area contributed by atoms with Crippen molar-refractivity contribution < 1.29 is 24.0 Å². The molecular weight excluding hydrogens is 424 g/mol. The molecule has 8 nitrogen and oxygen atoms in total. The van der Waals surface area contributed by atoms with Crippen LogP contribution in [-0.2, 0) is 16.1 Å². The van der Waals surface area contributed by atoms with Crippen molar-refractivity contribution >= 4 is 34.9 Å². The molecule has 158 valence electrons. The molecule has 9 heteroatoms. The summed E-state index contributed by atoms with van der Waals surface area (Å²) < 4.78 is 11.0. The van der Waals surface area contributed by atoms with Crippen LogP contribution in [0, 0.1) is 10.1 Å². The first-order valence-corrected chi connectivity index (χ1v) is 9.46. The number of nitrogens with zero attached hydrogens (tertiary/aromatic N) is 1. The maximum absolute atomic E-state index is 12.4. The van der Waals surface area contributed by atoms with Crippen LogP contribution in [0.15, 0.2) is 66.7 Å². The molecule has 0 aliphatic carbocycles. The van der Waals surface area contributed by atoms with Gasteiger partial charge in [-0.2, -0.15) is 0 Å².